The molecule has 0 saturated heterocycles. The van der Waals surface area contributed by atoms with Gasteiger partial charge in [-0.05, 0) is 34.1 Å². The summed E-state index contributed by atoms with van der Waals surface area (Å²) in [5.74, 6) is -1.75. The number of nitrogens with one attached hydrogen (secondary N) is 2. The molecule has 1 aliphatic rings. The van der Waals surface area contributed by atoms with Crippen molar-refractivity contribution in [3.63, 3.8) is 0 Å². The van der Waals surface area contributed by atoms with E-state index in [1.807, 2.05) is 64.1 Å². The van der Waals surface area contributed by atoms with E-state index in [0.29, 0.717) is 0 Å². The van der Waals surface area contributed by atoms with Crippen molar-refractivity contribution in [2.24, 2.45) is 11.8 Å². The summed E-state index contributed by atoms with van der Waals surface area (Å²) in [4.78, 5) is 36.6. The van der Waals surface area contributed by atoms with Crippen LogP contribution in [0, 0.1) is 11.8 Å². The first-order chi connectivity index (χ1) is 15.7. The second-order valence-electron chi connectivity index (χ2n) is 9.15. The number of carboxylic acid groups (broad SMARTS) is 1. The first-order valence-corrected chi connectivity index (χ1v) is 11.3. The van der Waals surface area contributed by atoms with Gasteiger partial charge in [0, 0.05) is 12.0 Å². The van der Waals surface area contributed by atoms with Crippen LogP contribution in [-0.4, -0.2) is 41.8 Å². The predicted molar refractivity (Wildman–Crippen MR) is 126 cm³/mol. The highest BCUT2D eigenvalue weighted by atomic mass is 16.5. The molecule has 3 rings (SSSR count). The molecule has 2 amide bonds. The smallest absolute Gasteiger partial charge is 0.407 e. The Bertz CT molecular complexity index is 972. The normalized spacial score (nSPS) is 14.4. The molecular weight excluding hydrogens is 420 g/mol. The van der Waals surface area contributed by atoms with Crippen LogP contribution in [0.25, 0.3) is 11.1 Å². The number of carbonyl (C=O) groups excluding carboxylic acids is 2. The Morgan fingerprint density at radius 3 is 1.91 bits per heavy atom. The number of hydrogen-bond acceptors (Lipinski definition) is 4. The van der Waals surface area contributed by atoms with Gasteiger partial charge < -0.3 is 20.5 Å². The highest BCUT2D eigenvalue weighted by molar-refractivity contribution is 5.86. The molecule has 0 aliphatic heterocycles. The number of hydrogen-bond donors (Lipinski definition) is 3. The maximum Gasteiger partial charge on any atom is 0.407 e. The molecule has 0 radical (unpaired) electrons. The quantitative estimate of drug-likeness (QED) is 0.530. The van der Waals surface area contributed by atoms with Crippen molar-refractivity contribution in [1.82, 2.24) is 10.6 Å². The third-order valence-corrected chi connectivity index (χ3v) is 6.09. The molecule has 7 heteroatoms. The Morgan fingerprint density at radius 2 is 1.42 bits per heavy atom. The van der Waals surface area contributed by atoms with Crippen LogP contribution in [0.1, 0.15) is 51.2 Å². The van der Waals surface area contributed by atoms with Crippen LogP contribution in [0.5, 0.6) is 0 Å². The van der Waals surface area contributed by atoms with Crippen LogP contribution in [0.2, 0.25) is 0 Å². The minimum Gasteiger partial charge on any atom is -0.481 e. The molecule has 0 unspecified atom stereocenters. The topological polar surface area (TPSA) is 105 Å². The van der Waals surface area contributed by atoms with Gasteiger partial charge in [0.2, 0.25) is 5.91 Å². The SMILES string of the molecule is CC(C)[C@H](CC(=O)O)NC(=O)[C@@H](NC(=O)OCC1c2ccccc2-c2ccccc21)C(C)C. The molecule has 0 aromatic heterocycles. The van der Waals surface area contributed by atoms with Crippen LogP contribution in [0.15, 0.2) is 48.5 Å². The van der Waals surface area contributed by atoms with Gasteiger partial charge in [0.25, 0.3) is 0 Å². The number of rotatable bonds is 9. The zero-order valence-corrected chi connectivity index (χ0v) is 19.5. The number of carboxylic acids is 1. The van der Waals surface area contributed by atoms with Gasteiger partial charge in [-0.1, -0.05) is 76.2 Å². The lowest BCUT2D eigenvalue weighted by atomic mass is 9.98. The van der Waals surface area contributed by atoms with Crippen molar-refractivity contribution >= 4 is 18.0 Å². The molecule has 3 N–H and O–H groups in total. The largest absolute Gasteiger partial charge is 0.481 e. The highest BCUT2D eigenvalue weighted by Crippen LogP contribution is 2.44. The van der Waals surface area contributed by atoms with Crippen LogP contribution in [-0.2, 0) is 14.3 Å². The summed E-state index contributed by atoms with van der Waals surface area (Å²) in [6.07, 6.45) is -0.857. The van der Waals surface area contributed by atoms with Crippen molar-refractivity contribution in [3.05, 3.63) is 59.7 Å². The molecule has 0 heterocycles. The highest BCUT2D eigenvalue weighted by Gasteiger charge is 2.31. The van der Waals surface area contributed by atoms with Gasteiger partial charge >= 0.3 is 12.1 Å². The van der Waals surface area contributed by atoms with Gasteiger partial charge in [0.1, 0.15) is 12.6 Å². The molecule has 0 fully saturated rings. The third kappa shape index (κ3) is 5.72. The van der Waals surface area contributed by atoms with Crippen molar-refractivity contribution in [2.75, 3.05) is 6.61 Å². The number of aliphatic carboxylic acids is 1. The molecule has 2 atom stereocenters. The molecule has 2 aromatic rings. The Labute approximate surface area is 194 Å². The summed E-state index contributed by atoms with van der Waals surface area (Å²) in [5.41, 5.74) is 4.50. The zero-order chi connectivity index (χ0) is 24.1. The lowest BCUT2D eigenvalue weighted by Crippen LogP contribution is -2.53. The van der Waals surface area contributed by atoms with E-state index in [-0.39, 0.29) is 30.8 Å². The monoisotopic (exact) mass is 452 g/mol. The van der Waals surface area contributed by atoms with Crippen molar-refractivity contribution in [3.8, 4) is 11.1 Å². The molecule has 0 bridgehead atoms. The summed E-state index contributed by atoms with van der Waals surface area (Å²) < 4.78 is 5.56. The molecule has 7 nitrogen and oxygen atoms in total. The fraction of sp³-hybridized carbons (Fsp3) is 0.423. The van der Waals surface area contributed by atoms with E-state index in [1.54, 1.807) is 0 Å². The average Bonchev–Trinajstić information content (AvgIpc) is 3.08. The summed E-state index contributed by atoms with van der Waals surface area (Å²) in [5, 5.41) is 14.5. The van der Waals surface area contributed by atoms with Gasteiger partial charge in [-0.25, -0.2) is 4.79 Å². The lowest BCUT2D eigenvalue weighted by molar-refractivity contribution is -0.138. The molecule has 176 valence electrons. The first kappa shape index (κ1) is 24.3. The molecular formula is C26H32N2O5. The van der Waals surface area contributed by atoms with Gasteiger partial charge in [0.05, 0.1) is 6.42 Å². The Kier molecular flexibility index (Phi) is 7.74. The molecule has 0 spiro atoms. The van der Waals surface area contributed by atoms with Gasteiger partial charge in [0.15, 0.2) is 0 Å². The molecule has 1 aliphatic carbocycles. The Hall–Kier alpha value is -3.35. The zero-order valence-electron chi connectivity index (χ0n) is 19.5. The molecule has 33 heavy (non-hydrogen) atoms. The van der Waals surface area contributed by atoms with E-state index in [2.05, 4.69) is 22.8 Å². The minimum absolute atomic E-state index is 0.0627. The van der Waals surface area contributed by atoms with E-state index in [1.165, 1.54) is 0 Å². The summed E-state index contributed by atoms with van der Waals surface area (Å²) in [7, 11) is 0. The van der Waals surface area contributed by atoms with Gasteiger partial charge in [-0.2, -0.15) is 0 Å². The van der Waals surface area contributed by atoms with Crippen molar-refractivity contribution < 1.29 is 24.2 Å². The minimum atomic E-state index is -0.986. The van der Waals surface area contributed by atoms with E-state index in [0.717, 1.165) is 22.3 Å². The standard InChI is InChI=1S/C26H32N2O5/c1-15(2)22(13-23(29)30)27-25(31)24(16(3)4)28-26(32)33-14-21-19-11-7-5-9-17(19)18-10-6-8-12-20(18)21/h5-12,15-16,21-22,24H,13-14H2,1-4H3,(H,27,31)(H,28,32)(H,29,30)/t22-,24-/m0/s1. The fourth-order valence-electron chi connectivity index (χ4n) is 4.22. The maximum absolute atomic E-state index is 12.8. The number of alkyl carbamates (subject to hydrolysis) is 1. The average molecular weight is 453 g/mol. The van der Waals surface area contributed by atoms with E-state index in [9.17, 15) is 14.4 Å². The van der Waals surface area contributed by atoms with Crippen LogP contribution < -0.4 is 10.6 Å². The summed E-state index contributed by atoms with van der Waals surface area (Å²) in [6, 6.07) is 14.8. The van der Waals surface area contributed by atoms with E-state index >= 15 is 0 Å². The predicted octanol–water partition coefficient (Wildman–Crippen LogP) is 4.17. The van der Waals surface area contributed by atoms with Crippen molar-refractivity contribution in [2.45, 2.75) is 52.1 Å². The maximum atomic E-state index is 12.8. The van der Waals surface area contributed by atoms with Gasteiger partial charge in [-0.3, -0.25) is 9.59 Å². The number of amides is 2. The first-order valence-electron chi connectivity index (χ1n) is 11.3. The number of benzene rings is 2. The Morgan fingerprint density at radius 1 is 0.879 bits per heavy atom. The number of carbonyl (C=O) groups is 3. The Balaban J connectivity index is 1.65. The van der Waals surface area contributed by atoms with Gasteiger partial charge in [-0.15, -0.1) is 0 Å². The van der Waals surface area contributed by atoms with E-state index in [4.69, 9.17) is 9.84 Å². The molecule has 0 saturated carbocycles. The summed E-state index contributed by atoms with van der Waals surface area (Å²) >= 11 is 0. The second-order valence-corrected chi connectivity index (χ2v) is 9.15. The fourth-order valence-corrected chi connectivity index (χ4v) is 4.22. The second kappa shape index (κ2) is 10.5. The van der Waals surface area contributed by atoms with Crippen LogP contribution in [0.3, 0.4) is 0 Å². The van der Waals surface area contributed by atoms with Crippen molar-refractivity contribution in [1.29, 1.82) is 0 Å². The number of fused-ring (bicyclic) bond motifs is 3. The van der Waals surface area contributed by atoms with E-state index < -0.39 is 30.1 Å². The van der Waals surface area contributed by atoms with Crippen LogP contribution >= 0.6 is 0 Å². The van der Waals surface area contributed by atoms with Crippen LogP contribution in [0.4, 0.5) is 4.79 Å². The third-order valence-electron chi connectivity index (χ3n) is 6.09. The molecule has 2 aromatic carbocycles. The lowest BCUT2D eigenvalue weighted by Gasteiger charge is -2.26. The number of ether oxygens (including phenoxy) is 1. The summed E-state index contributed by atoms with van der Waals surface area (Å²) in [6.45, 7) is 7.47.